The summed E-state index contributed by atoms with van der Waals surface area (Å²) in [7, 11) is 2.11. The zero-order chi connectivity index (χ0) is 14.7. The molecule has 0 aromatic carbocycles. The van der Waals surface area contributed by atoms with Crippen molar-refractivity contribution in [3.8, 4) is 0 Å². The molecule has 0 bridgehead atoms. The molecule has 2 rings (SSSR count). The third-order valence-electron chi connectivity index (χ3n) is 4.60. The SMILES string of the molecule is CC1C(C(=O)O)CCN1C(=O)NCC1CCCN(C)C1. The summed E-state index contributed by atoms with van der Waals surface area (Å²) in [5.74, 6) is -0.728. The molecule has 2 N–H and O–H groups in total. The van der Waals surface area contributed by atoms with E-state index in [-0.39, 0.29) is 12.1 Å². The molecule has 3 unspecified atom stereocenters. The number of hydrogen-bond acceptors (Lipinski definition) is 3. The summed E-state index contributed by atoms with van der Waals surface area (Å²) in [4.78, 5) is 27.2. The van der Waals surface area contributed by atoms with E-state index in [2.05, 4.69) is 17.3 Å². The van der Waals surface area contributed by atoms with Crippen molar-refractivity contribution >= 4 is 12.0 Å². The lowest BCUT2D eigenvalue weighted by Gasteiger charge is -2.31. The number of carbonyl (C=O) groups excluding carboxylic acids is 1. The van der Waals surface area contributed by atoms with E-state index in [1.165, 1.54) is 6.42 Å². The highest BCUT2D eigenvalue weighted by molar-refractivity contribution is 5.78. The Labute approximate surface area is 120 Å². The summed E-state index contributed by atoms with van der Waals surface area (Å²) in [6.45, 7) is 5.19. The van der Waals surface area contributed by atoms with Gasteiger partial charge in [-0.2, -0.15) is 0 Å². The van der Waals surface area contributed by atoms with Gasteiger partial charge in [-0.3, -0.25) is 4.79 Å². The van der Waals surface area contributed by atoms with E-state index < -0.39 is 11.9 Å². The molecule has 2 heterocycles. The van der Waals surface area contributed by atoms with Gasteiger partial charge in [0.05, 0.1) is 5.92 Å². The summed E-state index contributed by atoms with van der Waals surface area (Å²) in [5, 5.41) is 12.1. The highest BCUT2D eigenvalue weighted by Gasteiger charge is 2.38. The van der Waals surface area contributed by atoms with Gasteiger partial charge in [0, 0.05) is 25.7 Å². The fourth-order valence-corrected chi connectivity index (χ4v) is 3.33. The zero-order valence-corrected chi connectivity index (χ0v) is 12.3. The molecule has 6 nitrogen and oxygen atoms in total. The van der Waals surface area contributed by atoms with Crippen LogP contribution in [0.1, 0.15) is 26.2 Å². The van der Waals surface area contributed by atoms with Gasteiger partial charge < -0.3 is 20.2 Å². The fourth-order valence-electron chi connectivity index (χ4n) is 3.33. The van der Waals surface area contributed by atoms with Crippen molar-refractivity contribution < 1.29 is 14.7 Å². The number of nitrogens with one attached hydrogen (secondary N) is 1. The average Bonchev–Trinajstić information content (AvgIpc) is 2.78. The van der Waals surface area contributed by atoms with Crippen LogP contribution in [0.3, 0.4) is 0 Å². The Morgan fingerprint density at radius 1 is 1.30 bits per heavy atom. The van der Waals surface area contributed by atoms with E-state index in [0.29, 0.717) is 25.4 Å². The Morgan fingerprint density at radius 2 is 2.05 bits per heavy atom. The third-order valence-corrected chi connectivity index (χ3v) is 4.60. The number of carboxylic acids is 1. The molecule has 3 atom stereocenters. The number of rotatable bonds is 3. The molecule has 2 aliphatic heterocycles. The molecule has 0 aromatic heterocycles. The van der Waals surface area contributed by atoms with Crippen LogP contribution in [0.4, 0.5) is 4.79 Å². The number of hydrogen-bond donors (Lipinski definition) is 2. The van der Waals surface area contributed by atoms with Crippen LogP contribution in [-0.4, -0.2) is 66.2 Å². The first-order chi connectivity index (χ1) is 9.49. The largest absolute Gasteiger partial charge is 0.481 e. The van der Waals surface area contributed by atoms with Gasteiger partial charge in [0.25, 0.3) is 0 Å². The van der Waals surface area contributed by atoms with E-state index >= 15 is 0 Å². The zero-order valence-electron chi connectivity index (χ0n) is 12.3. The molecular weight excluding hydrogens is 258 g/mol. The summed E-state index contributed by atoms with van der Waals surface area (Å²) < 4.78 is 0. The minimum Gasteiger partial charge on any atom is -0.481 e. The second-order valence-corrected chi connectivity index (χ2v) is 6.12. The predicted molar refractivity (Wildman–Crippen MR) is 75.5 cm³/mol. The van der Waals surface area contributed by atoms with Crippen LogP contribution in [0, 0.1) is 11.8 Å². The van der Waals surface area contributed by atoms with Gasteiger partial charge in [-0.25, -0.2) is 4.79 Å². The Bertz CT molecular complexity index is 375. The normalized spacial score (nSPS) is 31.3. The molecule has 0 aromatic rings. The van der Waals surface area contributed by atoms with Crippen molar-refractivity contribution in [3.05, 3.63) is 0 Å². The lowest BCUT2D eigenvalue weighted by atomic mass is 9.98. The van der Waals surface area contributed by atoms with Gasteiger partial charge >= 0.3 is 12.0 Å². The van der Waals surface area contributed by atoms with Crippen LogP contribution in [0.5, 0.6) is 0 Å². The number of likely N-dealkylation sites (tertiary alicyclic amines) is 2. The van der Waals surface area contributed by atoms with Crippen LogP contribution >= 0.6 is 0 Å². The summed E-state index contributed by atoms with van der Waals surface area (Å²) in [6.07, 6.45) is 2.88. The molecule has 0 radical (unpaired) electrons. The van der Waals surface area contributed by atoms with E-state index in [0.717, 1.165) is 19.5 Å². The maximum absolute atomic E-state index is 12.2. The maximum Gasteiger partial charge on any atom is 0.317 e. The molecule has 0 aliphatic carbocycles. The van der Waals surface area contributed by atoms with Crippen molar-refractivity contribution in [3.63, 3.8) is 0 Å². The molecule has 2 saturated heterocycles. The first-order valence-electron chi connectivity index (χ1n) is 7.45. The third kappa shape index (κ3) is 3.42. The lowest BCUT2D eigenvalue weighted by Crippen LogP contribution is -2.46. The second-order valence-electron chi connectivity index (χ2n) is 6.12. The number of piperidine rings is 1. The van der Waals surface area contributed by atoms with Crippen LogP contribution < -0.4 is 5.32 Å². The Kier molecular flexibility index (Phi) is 4.86. The molecule has 6 heteroatoms. The molecule has 114 valence electrons. The predicted octanol–water partition coefficient (Wildman–Crippen LogP) is 0.833. The summed E-state index contributed by atoms with van der Waals surface area (Å²) in [5.41, 5.74) is 0. The molecule has 2 amide bonds. The standard InChI is InChI=1S/C14H25N3O3/c1-10-12(13(18)19)5-7-17(10)14(20)15-8-11-4-3-6-16(2)9-11/h10-12H,3-9H2,1-2H3,(H,15,20)(H,18,19). The summed E-state index contributed by atoms with van der Waals surface area (Å²) >= 11 is 0. The molecule has 2 aliphatic rings. The van der Waals surface area contributed by atoms with Gasteiger partial charge in [0.1, 0.15) is 0 Å². The topological polar surface area (TPSA) is 72.9 Å². The van der Waals surface area contributed by atoms with Crippen molar-refractivity contribution in [2.75, 3.05) is 33.2 Å². The number of nitrogens with zero attached hydrogens (tertiary/aromatic N) is 2. The van der Waals surface area contributed by atoms with Crippen molar-refractivity contribution in [1.82, 2.24) is 15.1 Å². The van der Waals surface area contributed by atoms with Crippen LogP contribution in [0.15, 0.2) is 0 Å². The fraction of sp³-hybridized carbons (Fsp3) is 0.857. The van der Waals surface area contributed by atoms with Crippen molar-refractivity contribution in [1.29, 1.82) is 0 Å². The maximum atomic E-state index is 12.2. The van der Waals surface area contributed by atoms with E-state index in [4.69, 9.17) is 5.11 Å². The van der Waals surface area contributed by atoms with Gasteiger partial charge in [-0.05, 0) is 45.7 Å². The van der Waals surface area contributed by atoms with Gasteiger partial charge in [0.15, 0.2) is 0 Å². The van der Waals surface area contributed by atoms with Gasteiger partial charge in [-0.1, -0.05) is 0 Å². The highest BCUT2D eigenvalue weighted by Crippen LogP contribution is 2.24. The van der Waals surface area contributed by atoms with Crippen LogP contribution in [0.25, 0.3) is 0 Å². The highest BCUT2D eigenvalue weighted by atomic mass is 16.4. The Hall–Kier alpha value is -1.30. The molecular formula is C14H25N3O3. The van der Waals surface area contributed by atoms with E-state index in [9.17, 15) is 9.59 Å². The minimum absolute atomic E-state index is 0.116. The molecule has 0 saturated carbocycles. The average molecular weight is 283 g/mol. The van der Waals surface area contributed by atoms with Crippen molar-refractivity contribution in [2.45, 2.75) is 32.2 Å². The lowest BCUT2D eigenvalue weighted by molar-refractivity contribution is -0.142. The van der Waals surface area contributed by atoms with E-state index in [1.54, 1.807) is 4.90 Å². The van der Waals surface area contributed by atoms with Crippen molar-refractivity contribution in [2.24, 2.45) is 11.8 Å². The number of aliphatic carboxylic acids is 1. The Balaban J connectivity index is 1.79. The van der Waals surface area contributed by atoms with Gasteiger partial charge in [-0.15, -0.1) is 0 Å². The van der Waals surface area contributed by atoms with Gasteiger partial charge in [0.2, 0.25) is 0 Å². The molecule has 2 fully saturated rings. The number of carboxylic acid groups (broad SMARTS) is 1. The number of urea groups is 1. The second kappa shape index (κ2) is 6.43. The van der Waals surface area contributed by atoms with Crippen LogP contribution in [-0.2, 0) is 4.79 Å². The minimum atomic E-state index is -0.804. The quantitative estimate of drug-likeness (QED) is 0.805. The summed E-state index contributed by atoms with van der Waals surface area (Å²) in [6, 6.07) is -0.337. The monoisotopic (exact) mass is 283 g/mol. The first-order valence-corrected chi connectivity index (χ1v) is 7.45. The molecule has 20 heavy (non-hydrogen) atoms. The van der Waals surface area contributed by atoms with Crippen LogP contribution in [0.2, 0.25) is 0 Å². The Morgan fingerprint density at radius 3 is 2.65 bits per heavy atom. The van der Waals surface area contributed by atoms with E-state index in [1.807, 2.05) is 6.92 Å². The number of carbonyl (C=O) groups is 2. The smallest absolute Gasteiger partial charge is 0.317 e. The molecule has 0 spiro atoms. The number of amides is 2. The first kappa shape index (κ1) is 15.1.